The smallest absolute Gasteiger partial charge is 0.00974 e. The second-order valence-corrected chi connectivity index (χ2v) is 8.83. The lowest BCUT2D eigenvalue weighted by Gasteiger charge is -2.44. The molecule has 114 valence electrons. The van der Waals surface area contributed by atoms with E-state index in [1.807, 2.05) is 0 Å². The van der Waals surface area contributed by atoms with Crippen molar-refractivity contribution in [3.05, 3.63) is 0 Å². The van der Waals surface area contributed by atoms with Gasteiger partial charge >= 0.3 is 0 Å². The summed E-state index contributed by atoms with van der Waals surface area (Å²) in [4.78, 5) is 2.65. The zero-order valence-corrected chi connectivity index (χ0v) is 14.7. The SMILES string of the molecule is CCC1CC(C)(C)CC(C)CC(C)(C)CC(C)N1C. The molecule has 1 heterocycles. The Labute approximate surface area is 122 Å². The van der Waals surface area contributed by atoms with Crippen molar-refractivity contribution in [3.63, 3.8) is 0 Å². The van der Waals surface area contributed by atoms with Crippen molar-refractivity contribution >= 4 is 0 Å². The van der Waals surface area contributed by atoms with Crippen molar-refractivity contribution in [2.24, 2.45) is 16.7 Å². The average molecular weight is 268 g/mol. The minimum Gasteiger partial charge on any atom is -0.301 e. The molecule has 19 heavy (non-hydrogen) atoms. The summed E-state index contributed by atoms with van der Waals surface area (Å²) in [6.45, 7) is 17.1. The molecule has 0 spiro atoms. The third-order valence-electron chi connectivity index (χ3n) is 5.18. The number of hydrogen-bond donors (Lipinski definition) is 0. The lowest BCUT2D eigenvalue weighted by atomic mass is 9.70. The fraction of sp³-hybridized carbons (Fsp3) is 1.00. The van der Waals surface area contributed by atoms with Gasteiger partial charge in [-0.1, -0.05) is 41.5 Å². The average Bonchev–Trinajstić information content (AvgIpc) is 2.20. The Kier molecular flexibility index (Phi) is 5.52. The lowest BCUT2D eigenvalue weighted by molar-refractivity contribution is 0.0639. The van der Waals surface area contributed by atoms with Gasteiger partial charge in [0.05, 0.1) is 0 Å². The van der Waals surface area contributed by atoms with Gasteiger partial charge in [-0.15, -0.1) is 0 Å². The first-order chi connectivity index (χ1) is 8.56. The molecule has 0 saturated carbocycles. The van der Waals surface area contributed by atoms with E-state index in [0.29, 0.717) is 16.9 Å². The summed E-state index contributed by atoms with van der Waals surface area (Å²) >= 11 is 0. The zero-order valence-electron chi connectivity index (χ0n) is 14.7. The van der Waals surface area contributed by atoms with Crippen LogP contribution in [0.3, 0.4) is 0 Å². The van der Waals surface area contributed by atoms with E-state index < -0.39 is 0 Å². The van der Waals surface area contributed by atoms with Gasteiger partial charge in [-0.05, 0) is 62.8 Å². The number of rotatable bonds is 1. The van der Waals surface area contributed by atoms with Crippen LogP contribution >= 0.6 is 0 Å². The Balaban J connectivity index is 2.96. The van der Waals surface area contributed by atoms with Crippen LogP contribution in [0.2, 0.25) is 0 Å². The molecule has 1 fully saturated rings. The van der Waals surface area contributed by atoms with E-state index in [9.17, 15) is 0 Å². The Hall–Kier alpha value is -0.0400. The molecule has 0 bridgehead atoms. The normalized spacial score (nSPS) is 36.9. The minimum atomic E-state index is 0.471. The van der Waals surface area contributed by atoms with Crippen molar-refractivity contribution in [3.8, 4) is 0 Å². The Morgan fingerprint density at radius 2 is 1.37 bits per heavy atom. The Morgan fingerprint density at radius 3 is 1.84 bits per heavy atom. The largest absolute Gasteiger partial charge is 0.301 e. The van der Waals surface area contributed by atoms with Crippen LogP contribution < -0.4 is 0 Å². The molecule has 3 atom stereocenters. The van der Waals surface area contributed by atoms with Crippen LogP contribution in [0.25, 0.3) is 0 Å². The molecule has 0 aromatic heterocycles. The monoisotopic (exact) mass is 267 g/mol. The van der Waals surface area contributed by atoms with Gasteiger partial charge in [-0.3, -0.25) is 0 Å². The van der Waals surface area contributed by atoms with E-state index in [1.54, 1.807) is 0 Å². The highest BCUT2D eigenvalue weighted by Gasteiger charge is 2.34. The van der Waals surface area contributed by atoms with Gasteiger partial charge < -0.3 is 4.90 Å². The molecule has 0 aromatic rings. The van der Waals surface area contributed by atoms with Gasteiger partial charge in [0.1, 0.15) is 0 Å². The molecular formula is C18H37N. The highest BCUT2D eigenvalue weighted by molar-refractivity contribution is 4.87. The fourth-order valence-electron chi connectivity index (χ4n) is 4.64. The van der Waals surface area contributed by atoms with E-state index in [2.05, 4.69) is 60.4 Å². The van der Waals surface area contributed by atoms with Crippen LogP contribution in [0.15, 0.2) is 0 Å². The summed E-state index contributed by atoms with van der Waals surface area (Å²) in [7, 11) is 2.34. The number of hydrogen-bond acceptors (Lipinski definition) is 1. The Bertz CT molecular complexity index is 279. The molecule has 0 N–H and O–H groups in total. The second-order valence-electron chi connectivity index (χ2n) is 8.83. The van der Waals surface area contributed by atoms with Gasteiger partial charge in [0.15, 0.2) is 0 Å². The standard InChI is InChI=1S/C18H37N/c1-9-16-13-18(6,7)11-14(2)10-17(4,5)12-15(3)19(16)8/h14-16H,9-13H2,1-8H3. The molecule has 1 aliphatic rings. The predicted octanol–water partition coefficient (Wildman–Crippen LogP) is 5.35. The third kappa shape index (κ3) is 5.10. The van der Waals surface area contributed by atoms with Crippen LogP contribution in [0.4, 0.5) is 0 Å². The first-order valence-electron chi connectivity index (χ1n) is 8.28. The topological polar surface area (TPSA) is 3.24 Å². The Morgan fingerprint density at radius 1 is 0.895 bits per heavy atom. The molecule has 0 aromatic carbocycles. The van der Waals surface area contributed by atoms with E-state index >= 15 is 0 Å². The summed E-state index contributed by atoms with van der Waals surface area (Å²) in [5.41, 5.74) is 0.945. The molecule has 0 amide bonds. The van der Waals surface area contributed by atoms with Crippen LogP contribution in [0, 0.1) is 16.7 Å². The first-order valence-corrected chi connectivity index (χ1v) is 8.28. The fourth-order valence-corrected chi connectivity index (χ4v) is 4.64. The summed E-state index contributed by atoms with van der Waals surface area (Å²) in [5, 5.41) is 0. The highest BCUT2D eigenvalue weighted by Crippen LogP contribution is 2.41. The van der Waals surface area contributed by atoms with Crippen LogP contribution in [-0.4, -0.2) is 24.0 Å². The van der Waals surface area contributed by atoms with Gasteiger partial charge in [0.25, 0.3) is 0 Å². The van der Waals surface area contributed by atoms with Crippen LogP contribution in [0.5, 0.6) is 0 Å². The van der Waals surface area contributed by atoms with Crippen LogP contribution in [-0.2, 0) is 0 Å². The van der Waals surface area contributed by atoms with Gasteiger partial charge in [0, 0.05) is 12.1 Å². The maximum absolute atomic E-state index is 2.65. The second kappa shape index (κ2) is 6.16. The predicted molar refractivity (Wildman–Crippen MR) is 86.5 cm³/mol. The van der Waals surface area contributed by atoms with Crippen molar-refractivity contribution < 1.29 is 0 Å². The lowest BCUT2D eigenvalue weighted by Crippen LogP contribution is -2.44. The van der Waals surface area contributed by atoms with Crippen molar-refractivity contribution in [1.29, 1.82) is 0 Å². The van der Waals surface area contributed by atoms with E-state index in [-0.39, 0.29) is 0 Å². The summed E-state index contributed by atoms with van der Waals surface area (Å²) < 4.78 is 0. The van der Waals surface area contributed by atoms with Crippen LogP contribution in [0.1, 0.15) is 80.6 Å². The maximum atomic E-state index is 2.65. The van der Waals surface area contributed by atoms with Gasteiger partial charge in [-0.2, -0.15) is 0 Å². The summed E-state index contributed by atoms with van der Waals surface area (Å²) in [6, 6.07) is 1.44. The first kappa shape index (κ1) is 17.0. The highest BCUT2D eigenvalue weighted by atomic mass is 15.2. The third-order valence-corrected chi connectivity index (χ3v) is 5.18. The molecule has 0 aliphatic carbocycles. The zero-order chi connectivity index (χ0) is 14.8. The molecule has 1 aliphatic heterocycles. The molecule has 0 radical (unpaired) electrons. The van der Waals surface area contributed by atoms with E-state index in [0.717, 1.165) is 12.0 Å². The van der Waals surface area contributed by atoms with Crippen molar-refractivity contribution in [1.82, 2.24) is 4.90 Å². The summed E-state index contributed by atoms with van der Waals surface area (Å²) in [5.74, 6) is 0.845. The quantitative estimate of drug-likeness (QED) is 0.619. The maximum Gasteiger partial charge on any atom is 0.00974 e. The number of nitrogens with zero attached hydrogens (tertiary/aromatic N) is 1. The molecule has 1 saturated heterocycles. The van der Waals surface area contributed by atoms with E-state index in [1.165, 1.54) is 32.1 Å². The minimum absolute atomic E-state index is 0.471. The molecule has 1 heteroatoms. The molecule has 1 nitrogen and oxygen atoms in total. The molecule has 3 unspecified atom stereocenters. The van der Waals surface area contributed by atoms with E-state index in [4.69, 9.17) is 0 Å². The summed E-state index contributed by atoms with van der Waals surface area (Å²) in [6.07, 6.45) is 6.68. The van der Waals surface area contributed by atoms with Gasteiger partial charge in [-0.25, -0.2) is 0 Å². The van der Waals surface area contributed by atoms with Crippen molar-refractivity contribution in [2.75, 3.05) is 7.05 Å². The molecular weight excluding hydrogens is 230 g/mol. The molecule has 1 rings (SSSR count). The van der Waals surface area contributed by atoms with Crippen molar-refractivity contribution in [2.45, 2.75) is 92.7 Å². The van der Waals surface area contributed by atoms with Gasteiger partial charge in [0.2, 0.25) is 0 Å².